The summed E-state index contributed by atoms with van der Waals surface area (Å²) in [7, 11) is 2.08. The summed E-state index contributed by atoms with van der Waals surface area (Å²) in [6.45, 7) is 4.61. The molecule has 0 aliphatic carbocycles. The van der Waals surface area contributed by atoms with Crippen LogP contribution in [0.15, 0.2) is 0 Å². The van der Waals surface area contributed by atoms with Crippen molar-refractivity contribution in [2.45, 2.75) is 13.0 Å². The highest BCUT2D eigenvalue weighted by Crippen LogP contribution is 2.19. The second-order valence-corrected chi connectivity index (χ2v) is 4.93. The molecule has 0 bridgehead atoms. The van der Waals surface area contributed by atoms with Gasteiger partial charge in [-0.1, -0.05) is 0 Å². The number of nitrogens with one attached hydrogen (secondary N) is 1. The Morgan fingerprint density at radius 1 is 1.33 bits per heavy atom. The van der Waals surface area contributed by atoms with Crippen LogP contribution in [0.5, 0.6) is 0 Å². The van der Waals surface area contributed by atoms with Crippen LogP contribution in [0.1, 0.15) is 21.7 Å². The van der Waals surface area contributed by atoms with Crippen molar-refractivity contribution in [3.63, 3.8) is 0 Å². The maximum atomic E-state index is 12.4. The summed E-state index contributed by atoms with van der Waals surface area (Å²) in [5.74, 6) is 0.0334. The first-order valence-electron chi connectivity index (χ1n) is 6.37. The molecule has 1 fully saturated rings. The van der Waals surface area contributed by atoms with Crippen LogP contribution in [0.25, 0.3) is 0 Å². The number of carbonyl (C=O) groups is 1. The molecule has 0 radical (unpaired) electrons. The Labute approximate surface area is 106 Å². The number of hydrogen-bond acceptors (Lipinski definition) is 4. The summed E-state index contributed by atoms with van der Waals surface area (Å²) in [5.41, 5.74) is 2.55. The number of fused-ring (bicyclic) bond motifs is 1. The van der Waals surface area contributed by atoms with Gasteiger partial charge in [0, 0.05) is 43.9 Å². The van der Waals surface area contributed by atoms with E-state index < -0.39 is 0 Å². The molecular formula is C12H18N4O2. The molecule has 3 rings (SSSR count). The Morgan fingerprint density at radius 2 is 2.11 bits per heavy atom. The van der Waals surface area contributed by atoms with E-state index in [1.807, 2.05) is 4.90 Å². The van der Waals surface area contributed by atoms with Gasteiger partial charge in [0.25, 0.3) is 5.91 Å². The molecule has 0 aromatic carbocycles. The topological polar surface area (TPSA) is 61.5 Å². The SMILES string of the molecule is CN1CCN(C(=O)c2n[nH]c3c2COCC3)CC1. The molecule has 0 saturated carbocycles. The average molecular weight is 250 g/mol. The number of piperazine rings is 1. The molecule has 1 saturated heterocycles. The summed E-state index contributed by atoms with van der Waals surface area (Å²) < 4.78 is 5.41. The third-order valence-corrected chi connectivity index (χ3v) is 3.69. The quantitative estimate of drug-likeness (QED) is 0.754. The maximum Gasteiger partial charge on any atom is 0.274 e. The molecule has 0 spiro atoms. The van der Waals surface area contributed by atoms with Gasteiger partial charge in [0.1, 0.15) is 0 Å². The molecule has 1 aromatic rings. The van der Waals surface area contributed by atoms with Crippen molar-refractivity contribution >= 4 is 5.91 Å². The minimum absolute atomic E-state index is 0.0334. The third kappa shape index (κ3) is 2.02. The highest BCUT2D eigenvalue weighted by Gasteiger charge is 2.27. The molecule has 6 heteroatoms. The summed E-state index contributed by atoms with van der Waals surface area (Å²) >= 11 is 0. The maximum absolute atomic E-state index is 12.4. The lowest BCUT2D eigenvalue weighted by Gasteiger charge is -2.32. The minimum atomic E-state index is 0.0334. The summed E-state index contributed by atoms with van der Waals surface area (Å²) in [6, 6.07) is 0. The van der Waals surface area contributed by atoms with Gasteiger partial charge >= 0.3 is 0 Å². The van der Waals surface area contributed by atoms with Crippen molar-refractivity contribution in [1.82, 2.24) is 20.0 Å². The summed E-state index contributed by atoms with van der Waals surface area (Å²) in [5, 5.41) is 7.15. The Morgan fingerprint density at radius 3 is 2.89 bits per heavy atom. The number of aromatic amines is 1. The first-order chi connectivity index (χ1) is 8.75. The Kier molecular flexibility index (Phi) is 3.05. The van der Waals surface area contributed by atoms with Crippen LogP contribution >= 0.6 is 0 Å². The number of rotatable bonds is 1. The Hall–Kier alpha value is -1.40. The predicted molar refractivity (Wildman–Crippen MR) is 65.3 cm³/mol. The zero-order valence-corrected chi connectivity index (χ0v) is 10.6. The third-order valence-electron chi connectivity index (χ3n) is 3.69. The summed E-state index contributed by atoms with van der Waals surface area (Å²) in [6.07, 6.45) is 0.818. The zero-order valence-electron chi connectivity index (χ0n) is 10.6. The van der Waals surface area contributed by atoms with E-state index in [9.17, 15) is 4.79 Å². The van der Waals surface area contributed by atoms with Crippen LogP contribution in [0.3, 0.4) is 0 Å². The number of nitrogens with zero attached hydrogens (tertiary/aromatic N) is 3. The van der Waals surface area contributed by atoms with Gasteiger partial charge in [-0.2, -0.15) is 5.10 Å². The molecule has 1 aromatic heterocycles. The Bertz CT molecular complexity index is 449. The normalized spacial score (nSPS) is 20.8. The second kappa shape index (κ2) is 4.70. The first-order valence-corrected chi connectivity index (χ1v) is 6.37. The van der Waals surface area contributed by atoms with Gasteiger partial charge in [0.05, 0.1) is 13.2 Å². The highest BCUT2D eigenvalue weighted by atomic mass is 16.5. The van der Waals surface area contributed by atoms with Gasteiger partial charge in [0.15, 0.2) is 5.69 Å². The molecule has 18 heavy (non-hydrogen) atoms. The summed E-state index contributed by atoms with van der Waals surface area (Å²) in [4.78, 5) is 16.5. The molecule has 98 valence electrons. The second-order valence-electron chi connectivity index (χ2n) is 4.93. The van der Waals surface area contributed by atoms with Crippen molar-refractivity contribution in [2.75, 3.05) is 39.8 Å². The van der Waals surface area contributed by atoms with E-state index in [0.29, 0.717) is 18.9 Å². The van der Waals surface area contributed by atoms with Crippen LogP contribution in [0.2, 0.25) is 0 Å². The number of hydrogen-bond donors (Lipinski definition) is 1. The minimum Gasteiger partial charge on any atom is -0.376 e. The molecule has 6 nitrogen and oxygen atoms in total. The van der Waals surface area contributed by atoms with Crippen LogP contribution in [0.4, 0.5) is 0 Å². The number of likely N-dealkylation sites (N-methyl/N-ethyl adjacent to an activating group) is 1. The smallest absolute Gasteiger partial charge is 0.274 e. The lowest BCUT2D eigenvalue weighted by atomic mass is 10.1. The Balaban J connectivity index is 1.78. The monoisotopic (exact) mass is 250 g/mol. The largest absolute Gasteiger partial charge is 0.376 e. The van der Waals surface area contributed by atoms with Crippen LogP contribution in [-0.2, 0) is 17.8 Å². The number of carbonyl (C=O) groups excluding carboxylic acids is 1. The van der Waals surface area contributed by atoms with E-state index in [0.717, 1.165) is 43.9 Å². The molecule has 2 aliphatic rings. The molecular weight excluding hydrogens is 232 g/mol. The lowest BCUT2D eigenvalue weighted by molar-refractivity contribution is 0.0647. The average Bonchev–Trinajstić information content (AvgIpc) is 2.82. The fourth-order valence-corrected chi connectivity index (χ4v) is 2.45. The van der Waals surface area contributed by atoms with Gasteiger partial charge in [-0.25, -0.2) is 0 Å². The van der Waals surface area contributed by atoms with Crippen molar-refractivity contribution < 1.29 is 9.53 Å². The number of H-pyrrole nitrogens is 1. The predicted octanol–water partition coefficient (Wildman–Crippen LogP) is -0.130. The van der Waals surface area contributed by atoms with Crippen LogP contribution < -0.4 is 0 Å². The van der Waals surface area contributed by atoms with Crippen LogP contribution in [0, 0.1) is 0 Å². The van der Waals surface area contributed by atoms with Crippen molar-refractivity contribution in [1.29, 1.82) is 0 Å². The number of amides is 1. The fourth-order valence-electron chi connectivity index (χ4n) is 2.45. The zero-order chi connectivity index (χ0) is 12.5. The molecule has 0 atom stereocenters. The molecule has 0 unspecified atom stereocenters. The van der Waals surface area contributed by atoms with Crippen molar-refractivity contribution in [3.05, 3.63) is 17.0 Å². The number of ether oxygens (including phenoxy) is 1. The molecule has 1 N–H and O–H groups in total. The van der Waals surface area contributed by atoms with E-state index in [-0.39, 0.29) is 5.91 Å². The molecule has 3 heterocycles. The molecule has 2 aliphatic heterocycles. The fraction of sp³-hybridized carbons (Fsp3) is 0.667. The van der Waals surface area contributed by atoms with Gasteiger partial charge in [-0.3, -0.25) is 9.89 Å². The van der Waals surface area contributed by atoms with Crippen molar-refractivity contribution in [3.8, 4) is 0 Å². The van der Waals surface area contributed by atoms with E-state index in [1.54, 1.807) is 0 Å². The van der Waals surface area contributed by atoms with Gasteiger partial charge in [0.2, 0.25) is 0 Å². The highest BCUT2D eigenvalue weighted by molar-refractivity contribution is 5.94. The van der Waals surface area contributed by atoms with Gasteiger partial charge in [-0.05, 0) is 7.05 Å². The van der Waals surface area contributed by atoms with Crippen LogP contribution in [-0.4, -0.2) is 65.7 Å². The van der Waals surface area contributed by atoms with E-state index in [2.05, 4.69) is 22.1 Å². The van der Waals surface area contributed by atoms with Crippen molar-refractivity contribution in [2.24, 2.45) is 0 Å². The van der Waals surface area contributed by atoms with Gasteiger partial charge in [-0.15, -0.1) is 0 Å². The standard InChI is InChI=1S/C12H18N4O2/c1-15-3-5-16(6-4-15)12(17)11-9-8-18-7-2-10(9)13-14-11/h2-8H2,1H3,(H,13,14). The van der Waals surface area contributed by atoms with E-state index in [1.165, 1.54) is 0 Å². The van der Waals surface area contributed by atoms with Gasteiger partial charge < -0.3 is 14.5 Å². The first kappa shape index (κ1) is 11.7. The van der Waals surface area contributed by atoms with E-state index >= 15 is 0 Å². The van der Waals surface area contributed by atoms with E-state index in [4.69, 9.17) is 4.74 Å². The number of aromatic nitrogens is 2. The lowest BCUT2D eigenvalue weighted by Crippen LogP contribution is -2.47. The molecule has 1 amide bonds.